The van der Waals surface area contributed by atoms with Crippen molar-refractivity contribution in [3.63, 3.8) is 0 Å². The lowest BCUT2D eigenvalue weighted by molar-refractivity contribution is 0.389. The molecule has 3 rings (SSSR count). The van der Waals surface area contributed by atoms with Gasteiger partial charge in [-0.1, -0.05) is 48.2 Å². The normalized spacial score (nSPS) is 14.5. The van der Waals surface area contributed by atoms with E-state index in [2.05, 4.69) is 6.07 Å². The molecule has 0 fully saturated rings. The van der Waals surface area contributed by atoms with Crippen LogP contribution in [-0.4, -0.2) is 0 Å². The third kappa shape index (κ3) is 1.37. The highest BCUT2D eigenvalue weighted by molar-refractivity contribution is 7.99. The SMILES string of the molecule is FC1c2ccc[c]c2Sc2ccccc21. The van der Waals surface area contributed by atoms with E-state index in [4.69, 9.17) is 0 Å². The molecular formula is C13H8FS. The molecule has 1 unspecified atom stereocenters. The van der Waals surface area contributed by atoms with Crippen molar-refractivity contribution in [2.24, 2.45) is 0 Å². The van der Waals surface area contributed by atoms with Crippen molar-refractivity contribution in [1.82, 2.24) is 0 Å². The van der Waals surface area contributed by atoms with E-state index >= 15 is 0 Å². The minimum absolute atomic E-state index is 0.737. The van der Waals surface area contributed by atoms with Gasteiger partial charge in [0, 0.05) is 20.9 Å². The standard InChI is InChI=1S/C13H8FS/c14-13-9-5-1-3-7-11(9)15-12-8-4-2-6-10(12)13/h1-7,13H. The fourth-order valence-electron chi connectivity index (χ4n) is 1.78. The number of hydrogen-bond donors (Lipinski definition) is 0. The molecule has 1 heterocycles. The van der Waals surface area contributed by atoms with Gasteiger partial charge in [0.25, 0.3) is 0 Å². The Balaban J connectivity index is 2.20. The van der Waals surface area contributed by atoms with Gasteiger partial charge in [-0.3, -0.25) is 0 Å². The van der Waals surface area contributed by atoms with Crippen LogP contribution in [0.2, 0.25) is 0 Å². The molecule has 1 aliphatic heterocycles. The lowest BCUT2D eigenvalue weighted by atomic mass is 10.0. The van der Waals surface area contributed by atoms with Crippen LogP contribution in [0.1, 0.15) is 17.3 Å². The van der Waals surface area contributed by atoms with Crippen molar-refractivity contribution in [2.45, 2.75) is 16.0 Å². The molecule has 2 aromatic carbocycles. The highest BCUT2D eigenvalue weighted by Crippen LogP contribution is 2.45. The summed E-state index contributed by atoms with van der Waals surface area (Å²) in [6.07, 6.45) is -1.00. The molecule has 0 saturated heterocycles. The molecule has 1 radical (unpaired) electrons. The fraction of sp³-hybridized carbons (Fsp3) is 0.0769. The predicted molar refractivity (Wildman–Crippen MR) is 58.8 cm³/mol. The van der Waals surface area contributed by atoms with Crippen LogP contribution in [0.5, 0.6) is 0 Å². The summed E-state index contributed by atoms with van der Waals surface area (Å²) in [7, 11) is 0. The number of rotatable bonds is 0. The number of halogens is 1. The van der Waals surface area contributed by atoms with Gasteiger partial charge in [-0.15, -0.1) is 0 Å². The molecule has 2 aromatic rings. The van der Waals surface area contributed by atoms with Crippen molar-refractivity contribution >= 4 is 11.8 Å². The highest BCUT2D eigenvalue weighted by Gasteiger charge is 2.24. The average molecular weight is 215 g/mol. The molecule has 0 spiro atoms. The minimum atomic E-state index is -1.00. The zero-order chi connectivity index (χ0) is 10.3. The number of alkyl halides is 1. The summed E-state index contributed by atoms with van der Waals surface area (Å²) >= 11 is 1.59. The molecule has 0 amide bonds. The number of fused-ring (bicyclic) bond motifs is 2. The van der Waals surface area contributed by atoms with Gasteiger partial charge in [-0.25, -0.2) is 4.39 Å². The summed E-state index contributed by atoms with van der Waals surface area (Å²) in [6, 6.07) is 16.2. The third-order valence-electron chi connectivity index (χ3n) is 2.53. The summed E-state index contributed by atoms with van der Waals surface area (Å²) < 4.78 is 14.1. The van der Waals surface area contributed by atoms with Crippen LogP contribution < -0.4 is 0 Å². The first-order chi connectivity index (χ1) is 7.36. The molecule has 2 heteroatoms. The Labute approximate surface area is 92.1 Å². The maximum absolute atomic E-state index is 14.1. The Morgan fingerprint density at radius 2 is 1.87 bits per heavy atom. The van der Waals surface area contributed by atoms with E-state index in [0.717, 1.165) is 20.9 Å². The number of hydrogen-bond acceptors (Lipinski definition) is 1. The van der Waals surface area contributed by atoms with E-state index in [-0.39, 0.29) is 0 Å². The Morgan fingerprint density at radius 1 is 1.07 bits per heavy atom. The second-order valence-electron chi connectivity index (χ2n) is 3.46. The molecule has 0 N–H and O–H groups in total. The van der Waals surface area contributed by atoms with Gasteiger partial charge in [-0.2, -0.15) is 0 Å². The lowest BCUT2D eigenvalue weighted by Gasteiger charge is -2.21. The van der Waals surface area contributed by atoms with Crippen LogP contribution in [0.25, 0.3) is 0 Å². The first-order valence-corrected chi connectivity index (χ1v) is 5.59. The van der Waals surface area contributed by atoms with Crippen molar-refractivity contribution in [1.29, 1.82) is 0 Å². The van der Waals surface area contributed by atoms with E-state index in [1.165, 1.54) is 0 Å². The molecule has 1 aliphatic rings. The maximum Gasteiger partial charge on any atom is 0.152 e. The fourth-order valence-corrected chi connectivity index (χ4v) is 2.86. The summed E-state index contributed by atoms with van der Waals surface area (Å²) in [5.74, 6) is 0. The molecule has 0 saturated carbocycles. The average Bonchev–Trinajstić information content (AvgIpc) is 2.30. The van der Waals surface area contributed by atoms with E-state index in [0.29, 0.717) is 0 Å². The van der Waals surface area contributed by atoms with Crippen molar-refractivity contribution in [2.75, 3.05) is 0 Å². The Kier molecular flexibility index (Phi) is 2.03. The van der Waals surface area contributed by atoms with Crippen LogP contribution in [-0.2, 0) is 0 Å². The molecule has 1 atom stereocenters. The van der Waals surface area contributed by atoms with Crippen LogP contribution in [0.15, 0.2) is 52.3 Å². The van der Waals surface area contributed by atoms with Crippen LogP contribution in [0.4, 0.5) is 4.39 Å². The first kappa shape index (κ1) is 8.98. The van der Waals surface area contributed by atoms with Crippen LogP contribution in [0, 0.1) is 6.07 Å². The summed E-state index contributed by atoms with van der Waals surface area (Å²) in [5, 5.41) is 0. The van der Waals surface area contributed by atoms with Crippen molar-refractivity contribution in [3.8, 4) is 0 Å². The van der Waals surface area contributed by atoms with Crippen LogP contribution in [0.3, 0.4) is 0 Å². The van der Waals surface area contributed by atoms with E-state index in [1.807, 2.05) is 42.5 Å². The van der Waals surface area contributed by atoms with Gasteiger partial charge < -0.3 is 0 Å². The van der Waals surface area contributed by atoms with Gasteiger partial charge in [-0.05, 0) is 12.1 Å². The largest absolute Gasteiger partial charge is 0.237 e. The topological polar surface area (TPSA) is 0 Å². The first-order valence-electron chi connectivity index (χ1n) is 4.78. The Bertz CT molecular complexity index is 462. The molecular weight excluding hydrogens is 207 g/mol. The smallest absolute Gasteiger partial charge is 0.152 e. The van der Waals surface area contributed by atoms with Crippen molar-refractivity contribution in [3.05, 3.63) is 59.7 Å². The monoisotopic (exact) mass is 215 g/mol. The molecule has 0 aliphatic carbocycles. The molecule has 0 bridgehead atoms. The summed E-state index contributed by atoms with van der Waals surface area (Å²) in [6.45, 7) is 0. The van der Waals surface area contributed by atoms with E-state index in [9.17, 15) is 4.39 Å². The number of benzene rings is 2. The maximum atomic E-state index is 14.1. The second-order valence-corrected chi connectivity index (χ2v) is 4.51. The van der Waals surface area contributed by atoms with Gasteiger partial charge in [0.05, 0.1) is 0 Å². The minimum Gasteiger partial charge on any atom is -0.237 e. The van der Waals surface area contributed by atoms with Gasteiger partial charge >= 0.3 is 0 Å². The second kappa shape index (κ2) is 3.38. The van der Waals surface area contributed by atoms with Gasteiger partial charge in [0.2, 0.25) is 0 Å². The Morgan fingerprint density at radius 3 is 2.80 bits per heavy atom. The lowest BCUT2D eigenvalue weighted by Crippen LogP contribution is -2.03. The molecule has 0 aromatic heterocycles. The van der Waals surface area contributed by atoms with Crippen molar-refractivity contribution < 1.29 is 4.39 Å². The Hall–Kier alpha value is -1.28. The predicted octanol–water partition coefficient (Wildman–Crippen LogP) is 4.01. The molecule has 15 heavy (non-hydrogen) atoms. The van der Waals surface area contributed by atoms with Gasteiger partial charge in [0.1, 0.15) is 0 Å². The van der Waals surface area contributed by atoms with E-state index < -0.39 is 6.17 Å². The molecule has 73 valence electrons. The third-order valence-corrected chi connectivity index (χ3v) is 3.68. The zero-order valence-corrected chi connectivity index (χ0v) is 8.72. The van der Waals surface area contributed by atoms with E-state index in [1.54, 1.807) is 11.8 Å². The van der Waals surface area contributed by atoms with Gasteiger partial charge in [0.15, 0.2) is 6.17 Å². The summed E-state index contributed by atoms with van der Waals surface area (Å²) in [5.41, 5.74) is 1.51. The zero-order valence-electron chi connectivity index (χ0n) is 7.91. The highest BCUT2D eigenvalue weighted by atomic mass is 32.2. The summed E-state index contributed by atoms with van der Waals surface area (Å²) in [4.78, 5) is 1.91. The molecule has 0 nitrogen and oxygen atoms in total. The quantitative estimate of drug-likeness (QED) is 0.639. The van der Waals surface area contributed by atoms with Crippen LogP contribution >= 0.6 is 11.8 Å².